The normalized spacial score (nSPS) is 46.1. The van der Waals surface area contributed by atoms with Crippen LogP contribution in [0.4, 0.5) is 0 Å². The second-order valence-corrected chi connectivity index (χ2v) is 11.5. The van der Waals surface area contributed by atoms with Gasteiger partial charge in [-0.15, -0.1) is 0 Å². The molecule has 3 nitrogen and oxygen atoms in total. The predicted octanol–water partition coefficient (Wildman–Crippen LogP) is 3.98. The summed E-state index contributed by atoms with van der Waals surface area (Å²) in [6.45, 7) is 5.37. The first-order chi connectivity index (χ1) is 12.4. The maximum Gasteiger partial charge on any atom is 0.139 e. The number of carbonyl (C=O) groups excluding carboxylic acids is 1. The zero-order valence-electron chi connectivity index (χ0n) is 16.5. The number of nitrogens with two attached hydrogens (primary N) is 1. The number of allylic oxidation sites excluding steroid dienone is 1. The monoisotopic (exact) mass is 377 g/mol. The molecule has 4 rings (SSSR count). The van der Waals surface area contributed by atoms with Gasteiger partial charge in [0.25, 0.3) is 0 Å². The number of carbonyl (C=O) groups is 1. The van der Waals surface area contributed by atoms with Gasteiger partial charge < -0.3 is 5.73 Å². The largest absolute Gasteiger partial charge is 0.330 e. The van der Waals surface area contributed by atoms with E-state index < -0.39 is 10.8 Å². The molecule has 3 fully saturated rings. The van der Waals surface area contributed by atoms with E-state index in [1.807, 2.05) is 0 Å². The van der Waals surface area contributed by atoms with Crippen LogP contribution in [0.3, 0.4) is 0 Å². The summed E-state index contributed by atoms with van der Waals surface area (Å²) < 4.78 is 12.6. The Morgan fingerprint density at radius 3 is 2.58 bits per heavy atom. The Morgan fingerprint density at radius 1 is 1.08 bits per heavy atom. The van der Waals surface area contributed by atoms with Crippen molar-refractivity contribution >= 4 is 16.6 Å². The molecule has 4 aliphatic rings. The Balaban J connectivity index is 1.56. The molecular formula is C22H35NO2S. The molecule has 0 spiro atoms. The van der Waals surface area contributed by atoms with E-state index in [0.717, 1.165) is 56.1 Å². The smallest absolute Gasteiger partial charge is 0.139 e. The van der Waals surface area contributed by atoms with Gasteiger partial charge in [-0.25, -0.2) is 0 Å². The number of Topliss-reactive ketones (excluding diaryl/α,β-unsaturated/α-hetero) is 1. The molecule has 0 heterocycles. The molecular weight excluding hydrogens is 342 g/mol. The minimum Gasteiger partial charge on any atom is -0.330 e. The first kappa shape index (κ1) is 18.9. The Bertz CT molecular complexity index is 644. The molecule has 0 amide bonds. The second-order valence-electron chi connectivity index (χ2n) is 9.75. The zero-order chi connectivity index (χ0) is 18.5. The molecule has 0 aromatic rings. The third-order valence-electron chi connectivity index (χ3n) is 8.67. The maximum absolute atomic E-state index is 12.6. The number of rotatable bonds is 4. The van der Waals surface area contributed by atoms with E-state index in [4.69, 9.17) is 5.73 Å². The van der Waals surface area contributed by atoms with Crippen molar-refractivity contribution in [2.75, 3.05) is 12.3 Å². The third-order valence-corrected chi connectivity index (χ3v) is 10.4. The van der Waals surface area contributed by atoms with Gasteiger partial charge in [-0.2, -0.15) is 0 Å². The van der Waals surface area contributed by atoms with Crippen LogP contribution in [0.25, 0.3) is 0 Å². The predicted molar refractivity (Wildman–Crippen MR) is 107 cm³/mol. The lowest BCUT2D eigenvalue weighted by Crippen LogP contribution is -2.51. The summed E-state index contributed by atoms with van der Waals surface area (Å²) in [4.78, 5) is 12.5. The molecule has 0 aromatic heterocycles. The van der Waals surface area contributed by atoms with Gasteiger partial charge in [0.05, 0.1) is 5.25 Å². The lowest BCUT2D eigenvalue weighted by atomic mass is 9.47. The van der Waals surface area contributed by atoms with Crippen LogP contribution in [0.15, 0.2) is 11.6 Å². The number of hydrogen-bond donors (Lipinski definition) is 1. The van der Waals surface area contributed by atoms with Crippen LogP contribution in [-0.4, -0.2) is 27.5 Å². The van der Waals surface area contributed by atoms with Gasteiger partial charge in [-0.3, -0.25) is 9.00 Å². The average Bonchev–Trinajstić information content (AvgIpc) is 2.94. The number of fused-ring (bicyclic) bond motifs is 5. The van der Waals surface area contributed by atoms with E-state index in [2.05, 4.69) is 19.9 Å². The van der Waals surface area contributed by atoms with E-state index in [1.54, 1.807) is 5.57 Å². The lowest BCUT2D eigenvalue weighted by molar-refractivity contribution is -0.132. The summed E-state index contributed by atoms with van der Waals surface area (Å²) in [7, 11) is -0.766. The molecule has 3 saturated carbocycles. The Kier molecular flexibility index (Phi) is 4.97. The summed E-state index contributed by atoms with van der Waals surface area (Å²) >= 11 is 0. The van der Waals surface area contributed by atoms with Crippen molar-refractivity contribution in [3.8, 4) is 0 Å². The average molecular weight is 378 g/mol. The Labute approximate surface area is 161 Å². The van der Waals surface area contributed by atoms with Crippen LogP contribution in [0.5, 0.6) is 0 Å². The van der Waals surface area contributed by atoms with Crippen molar-refractivity contribution in [2.24, 2.45) is 34.3 Å². The van der Waals surface area contributed by atoms with Crippen LogP contribution in [-0.2, 0) is 15.6 Å². The fourth-order valence-electron chi connectivity index (χ4n) is 7.05. The van der Waals surface area contributed by atoms with Crippen molar-refractivity contribution < 1.29 is 9.00 Å². The van der Waals surface area contributed by atoms with E-state index in [-0.39, 0.29) is 16.1 Å². The third kappa shape index (κ3) is 2.78. The van der Waals surface area contributed by atoms with Gasteiger partial charge in [0.15, 0.2) is 0 Å². The summed E-state index contributed by atoms with van der Waals surface area (Å²) in [6, 6.07) is 0. The topological polar surface area (TPSA) is 60.2 Å². The number of ketones is 1. The highest BCUT2D eigenvalue weighted by atomic mass is 32.2. The summed E-state index contributed by atoms with van der Waals surface area (Å²) in [5, 5.41) is 0.239. The minimum absolute atomic E-state index is 0.0281. The van der Waals surface area contributed by atoms with Gasteiger partial charge in [0.1, 0.15) is 5.78 Å². The van der Waals surface area contributed by atoms with Gasteiger partial charge in [0, 0.05) is 28.4 Å². The standard InChI is InChI=1S/C22H35NO2S/c1-21-10-8-16(26(25)13-3-12-23)14-15(21)4-5-17-18-6-7-20(24)22(18,2)11-9-19(17)21/h14,16-19H,3-13,23H2,1-2H3/t16-,17?,18-,19?,21+,22+,26?/m1/s1. The van der Waals surface area contributed by atoms with Gasteiger partial charge in [-0.1, -0.05) is 25.5 Å². The lowest BCUT2D eigenvalue weighted by Gasteiger charge is -2.57. The SMILES string of the molecule is C[C@]12CC[C@@H](S(=O)CCCN)C=C1CCC1C2CC[C@]2(C)C(=O)CC[C@H]12. The van der Waals surface area contributed by atoms with Crippen molar-refractivity contribution in [1.82, 2.24) is 0 Å². The van der Waals surface area contributed by atoms with Gasteiger partial charge in [0.2, 0.25) is 0 Å². The second kappa shape index (κ2) is 6.84. The highest BCUT2D eigenvalue weighted by Gasteiger charge is 2.58. The molecule has 0 aromatic carbocycles. The highest BCUT2D eigenvalue weighted by Crippen LogP contribution is 2.64. The van der Waals surface area contributed by atoms with E-state index in [9.17, 15) is 9.00 Å². The fourth-order valence-corrected chi connectivity index (χ4v) is 8.50. The molecule has 0 aliphatic heterocycles. The molecule has 4 aliphatic carbocycles. The van der Waals surface area contributed by atoms with Crippen molar-refractivity contribution in [3.05, 3.63) is 11.6 Å². The van der Waals surface area contributed by atoms with E-state index in [1.165, 1.54) is 19.3 Å². The molecule has 0 bridgehead atoms. The summed E-state index contributed by atoms with van der Waals surface area (Å²) in [5.74, 6) is 3.34. The van der Waals surface area contributed by atoms with E-state index in [0.29, 0.717) is 18.2 Å². The van der Waals surface area contributed by atoms with Gasteiger partial charge >= 0.3 is 0 Å². The molecule has 26 heavy (non-hydrogen) atoms. The van der Waals surface area contributed by atoms with Crippen molar-refractivity contribution in [3.63, 3.8) is 0 Å². The molecule has 0 saturated heterocycles. The Morgan fingerprint density at radius 2 is 1.81 bits per heavy atom. The zero-order valence-corrected chi connectivity index (χ0v) is 17.3. The van der Waals surface area contributed by atoms with Crippen LogP contribution < -0.4 is 5.73 Å². The molecule has 7 atom stereocenters. The van der Waals surface area contributed by atoms with Crippen LogP contribution >= 0.6 is 0 Å². The first-order valence-electron chi connectivity index (χ1n) is 10.7. The minimum atomic E-state index is -0.766. The molecule has 3 unspecified atom stereocenters. The van der Waals surface area contributed by atoms with Crippen molar-refractivity contribution in [1.29, 1.82) is 0 Å². The highest BCUT2D eigenvalue weighted by molar-refractivity contribution is 7.85. The van der Waals surface area contributed by atoms with Gasteiger partial charge in [-0.05, 0) is 81.1 Å². The molecule has 146 valence electrons. The molecule has 4 heteroatoms. The summed E-state index contributed by atoms with van der Waals surface area (Å²) in [6.07, 6.45) is 12.1. The van der Waals surface area contributed by atoms with E-state index >= 15 is 0 Å². The quantitative estimate of drug-likeness (QED) is 0.754. The summed E-state index contributed by atoms with van der Waals surface area (Å²) in [5.41, 5.74) is 7.44. The molecule has 2 N–H and O–H groups in total. The molecule has 0 radical (unpaired) electrons. The fraction of sp³-hybridized carbons (Fsp3) is 0.864. The Hall–Kier alpha value is -0.480. The van der Waals surface area contributed by atoms with Crippen LogP contribution in [0, 0.1) is 28.6 Å². The van der Waals surface area contributed by atoms with Crippen LogP contribution in [0.2, 0.25) is 0 Å². The first-order valence-corrected chi connectivity index (χ1v) is 12.1. The maximum atomic E-state index is 12.6. The van der Waals surface area contributed by atoms with Crippen LogP contribution in [0.1, 0.15) is 71.6 Å². The number of hydrogen-bond acceptors (Lipinski definition) is 3. The van der Waals surface area contributed by atoms with Crippen molar-refractivity contribution in [2.45, 2.75) is 76.9 Å².